The number of hydrogen-bond donors (Lipinski definition) is 1. The number of rotatable bonds is 4. The summed E-state index contributed by atoms with van der Waals surface area (Å²) in [5, 5.41) is -0.188. The minimum atomic E-state index is -4.04. The van der Waals surface area contributed by atoms with Gasteiger partial charge in [-0.3, -0.25) is 4.72 Å². The van der Waals surface area contributed by atoms with Crippen LogP contribution in [0.25, 0.3) is 0 Å². The van der Waals surface area contributed by atoms with Gasteiger partial charge in [0.2, 0.25) is 0 Å². The van der Waals surface area contributed by atoms with E-state index in [1.54, 1.807) is 6.07 Å². The molecular formula is C17H18Cl2FN3O3S. The van der Waals surface area contributed by atoms with Crippen molar-refractivity contribution >= 4 is 44.6 Å². The molecule has 0 amide bonds. The number of pyridine rings is 1. The van der Waals surface area contributed by atoms with Crippen LogP contribution in [0.4, 0.5) is 15.8 Å². The van der Waals surface area contributed by atoms with Gasteiger partial charge in [0.1, 0.15) is 15.9 Å². The van der Waals surface area contributed by atoms with E-state index in [0.717, 1.165) is 6.07 Å². The molecule has 1 N–H and O–H groups in total. The van der Waals surface area contributed by atoms with Crippen molar-refractivity contribution in [1.82, 2.24) is 4.98 Å². The van der Waals surface area contributed by atoms with Gasteiger partial charge in [0, 0.05) is 19.2 Å². The molecule has 1 aliphatic rings. The first kappa shape index (κ1) is 20.1. The van der Waals surface area contributed by atoms with Gasteiger partial charge in [-0.2, -0.15) is 0 Å². The van der Waals surface area contributed by atoms with Crippen molar-refractivity contribution in [3.8, 4) is 0 Å². The normalized spacial score (nSPS) is 20.6. The maximum Gasteiger partial charge on any atom is 0.264 e. The Morgan fingerprint density at radius 3 is 2.44 bits per heavy atom. The van der Waals surface area contributed by atoms with E-state index >= 15 is 0 Å². The quantitative estimate of drug-likeness (QED) is 0.739. The van der Waals surface area contributed by atoms with Crippen LogP contribution in [-0.4, -0.2) is 38.7 Å². The van der Waals surface area contributed by atoms with Crippen LogP contribution >= 0.6 is 23.2 Å². The zero-order valence-corrected chi connectivity index (χ0v) is 16.9. The lowest BCUT2D eigenvalue weighted by Crippen LogP contribution is -2.45. The molecule has 0 aliphatic carbocycles. The summed E-state index contributed by atoms with van der Waals surface area (Å²) < 4.78 is 47.6. The number of sulfonamides is 1. The third-order valence-corrected chi connectivity index (χ3v) is 6.05. The summed E-state index contributed by atoms with van der Waals surface area (Å²) >= 11 is 11.5. The van der Waals surface area contributed by atoms with Gasteiger partial charge in [-0.25, -0.2) is 17.8 Å². The molecular weight excluding hydrogens is 416 g/mol. The highest BCUT2D eigenvalue weighted by Gasteiger charge is 2.25. The number of nitrogens with one attached hydrogen (secondary N) is 1. The predicted octanol–water partition coefficient (Wildman–Crippen LogP) is 3.94. The summed E-state index contributed by atoms with van der Waals surface area (Å²) in [5.41, 5.74) is 0.475. The highest BCUT2D eigenvalue weighted by atomic mass is 35.5. The molecule has 0 bridgehead atoms. The molecule has 2 atom stereocenters. The Bertz CT molecular complexity index is 948. The molecule has 2 unspecified atom stereocenters. The van der Waals surface area contributed by atoms with E-state index in [1.807, 2.05) is 18.7 Å². The number of aromatic nitrogens is 1. The van der Waals surface area contributed by atoms with E-state index < -0.39 is 15.8 Å². The second kappa shape index (κ2) is 7.79. The van der Waals surface area contributed by atoms with Crippen molar-refractivity contribution in [3.05, 3.63) is 46.5 Å². The average molecular weight is 434 g/mol. The van der Waals surface area contributed by atoms with Crippen LogP contribution in [0, 0.1) is 5.82 Å². The van der Waals surface area contributed by atoms with E-state index in [1.165, 1.54) is 18.2 Å². The lowest BCUT2D eigenvalue weighted by molar-refractivity contribution is -0.00539. The largest absolute Gasteiger partial charge is 0.372 e. The molecule has 1 fully saturated rings. The fraction of sp³-hybridized carbons (Fsp3) is 0.353. The van der Waals surface area contributed by atoms with E-state index in [2.05, 4.69) is 9.71 Å². The Balaban J connectivity index is 1.83. The molecule has 146 valence electrons. The van der Waals surface area contributed by atoms with Crippen LogP contribution < -0.4 is 9.62 Å². The van der Waals surface area contributed by atoms with Gasteiger partial charge in [-0.1, -0.05) is 23.2 Å². The fourth-order valence-electron chi connectivity index (χ4n) is 3.01. The molecule has 0 spiro atoms. The number of nitrogens with zero attached hydrogens (tertiary/aromatic N) is 2. The number of hydrogen-bond acceptors (Lipinski definition) is 5. The van der Waals surface area contributed by atoms with E-state index in [4.69, 9.17) is 27.9 Å². The van der Waals surface area contributed by atoms with Gasteiger partial charge >= 0.3 is 0 Å². The Kier molecular flexibility index (Phi) is 5.81. The highest BCUT2D eigenvalue weighted by Crippen LogP contribution is 2.28. The van der Waals surface area contributed by atoms with Crippen LogP contribution in [0.15, 0.2) is 35.2 Å². The summed E-state index contributed by atoms with van der Waals surface area (Å²) in [4.78, 5) is 5.35. The van der Waals surface area contributed by atoms with Gasteiger partial charge in [-0.15, -0.1) is 0 Å². The molecule has 1 aromatic heterocycles. The first-order valence-electron chi connectivity index (χ1n) is 8.20. The van der Waals surface area contributed by atoms with Crippen molar-refractivity contribution in [2.24, 2.45) is 0 Å². The number of ether oxygens (including phenoxy) is 1. The standard InChI is InChI=1S/C17H18Cl2FN3O3S/c1-10-8-23(9-11(2)26-10)14-4-3-12(7-13(14)20)22-27(24,25)15-5-6-16(18)21-17(15)19/h3-7,10-11,22H,8-9H2,1-2H3. The van der Waals surface area contributed by atoms with Crippen LogP contribution in [0.1, 0.15) is 13.8 Å². The summed E-state index contributed by atoms with van der Waals surface area (Å²) in [7, 11) is -4.04. The van der Waals surface area contributed by atoms with Gasteiger partial charge in [-0.05, 0) is 38.1 Å². The zero-order chi connectivity index (χ0) is 19.8. The number of halogens is 3. The molecule has 2 aromatic rings. The van der Waals surface area contributed by atoms with E-state index in [0.29, 0.717) is 18.8 Å². The first-order chi connectivity index (χ1) is 12.7. The molecule has 6 nitrogen and oxygen atoms in total. The molecule has 10 heteroatoms. The van der Waals surface area contributed by atoms with Crippen LogP contribution in [0.3, 0.4) is 0 Å². The first-order valence-corrected chi connectivity index (χ1v) is 10.4. The molecule has 1 aliphatic heterocycles. The van der Waals surface area contributed by atoms with Gasteiger partial charge in [0.05, 0.1) is 23.6 Å². The lowest BCUT2D eigenvalue weighted by Gasteiger charge is -2.37. The maximum atomic E-state index is 14.6. The van der Waals surface area contributed by atoms with E-state index in [9.17, 15) is 12.8 Å². The lowest BCUT2D eigenvalue weighted by atomic mass is 10.2. The third kappa shape index (κ3) is 4.63. The van der Waals surface area contributed by atoms with Crippen molar-refractivity contribution in [2.45, 2.75) is 31.0 Å². The third-order valence-electron chi connectivity index (χ3n) is 4.03. The Morgan fingerprint density at radius 2 is 1.85 bits per heavy atom. The summed E-state index contributed by atoms with van der Waals surface area (Å²) in [5.74, 6) is -0.531. The predicted molar refractivity (Wildman–Crippen MR) is 104 cm³/mol. The summed E-state index contributed by atoms with van der Waals surface area (Å²) in [6.45, 7) is 4.96. The highest BCUT2D eigenvalue weighted by molar-refractivity contribution is 7.92. The zero-order valence-electron chi connectivity index (χ0n) is 14.6. The Hall–Kier alpha value is -1.61. The maximum absolute atomic E-state index is 14.6. The second-order valence-electron chi connectivity index (χ2n) is 6.36. The average Bonchev–Trinajstić information content (AvgIpc) is 2.53. The number of benzene rings is 1. The van der Waals surface area contributed by atoms with Crippen LogP contribution in [-0.2, 0) is 14.8 Å². The SMILES string of the molecule is CC1CN(c2ccc(NS(=O)(=O)c3ccc(Cl)nc3Cl)cc2F)CC(C)O1. The molecule has 27 heavy (non-hydrogen) atoms. The molecule has 0 radical (unpaired) electrons. The second-order valence-corrected chi connectivity index (χ2v) is 8.75. The smallest absolute Gasteiger partial charge is 0.264 e. The molecule has 1 aromatic carbocycles. The molecule has 0 saturated carbocycles. The molecule has 2 heterocycles. The van der Waals surface area contributed by atoms with Crippen LogP contribution in [0.5, 0.6) is 0 Å². The van der Waals surface area contributed by atoms with Crippen molar-refractivity contribution in [1.29, 1.82) is 0 Å². The minimum absolute atomic E-state index is 0.0223. The monoisotopic (exact) mass is 433 g/mol. The summed E-state index contributed by atoms with van der Waals surface area (Å²) in [6.07, 6.45) is -0.0447. The van der Waals surface area contributed by atoms with Crippen molar-refractivity contribution < 1.29 is 17.5 Å². The Labute approximate surface area is 167 Å². The topological polar surface area (TPSA) is 71.5 Å². The minimum Gasteiger partial charge on any atom is -0.372 e. The number of anilines is 2. The number of morpholine rings is 1. The molecule has 1 saturated heterocycles. The van der Waals surface area contributed by atoms with Crippen LogP contribution in [0.2, 0.25) is 10.3 Å². The van der Waals surface area contributed by atoms with Gasteiger partial charge < -0.3 is 9.64 Å². The van der Waals surface area contributed by atoms with Crippen molar-refractivity contribution in [3.63, 3.8) is 0 Å². The van der Waals surface area contributed by atoms with Gasteiger partial charge in [0.25, 0.3) is 10.0 Å². The summed E-state index contributed by atoms with van der Waals surface area (Å²) in [6, 6.07) is 6.72. The van der Waals surface area contributed by atoms with E-state index in [-0.39, 0.29) is 33.1 Å². The van der Waals surface area contributed by atoms with Crippen molar-refractivity contribution in [2.75, 3.05) is 22.7 Å². The Morgan fingerprint density at radius 1 is 1.19 bits per heavy atom. The molecule has 3 rings (SSSR count). The van der Waals surface area contributed by atoms with Gasteiger partial charge in [0.15, 0.2) is 5.15 Å². The fourth-order valence-corrected chi connectivity index (χ4v) is 4.72.